The maximum atomic E-state index is 11.7. The van der Waals surface area contributed by atoms with Gasteiger partial charge in [0, 0.05) is 36.7 Å². The highest BCUT2D eigenvalue weighted by Crippen LogP contribution is 2.17. The van der Waals surface area contributed by atoms with Crippen molar-refractivity contribution in [1.29, 1.82) is 0 Å². The molecule has 2 N–H and O–H groups in total. The summed E-state index contributed by atoms with van der Waals surface area (Å²) in [5.74, 6) is -0.0330. The molecule has 0 spiro atoms. The van der Waals surface area contributed by atoms with Crippen LogP contribution in [-0.2, 0) is 6.54 Å². The van der Waals surface area contributed by atoms with Crippen LogP contribution >= 0.6 is 0 Å². The first-order valence-corrected chi connectivity index (χ1v) is 6.72. The van der Waals surface area contributed by atoms with Crippen molar-refractivity contribution in [3.8, 4) is 0 Å². The van der Waals surface area contributed by atoms with Gasteiger partial charge in [-0.2, -0.15) is 0 Å². The highest BCUT2D eigenvalue weighted by molar-refractivity contribution is 5.94. The lowest BCUT2D eigenvalue weighted by molar-refractivity contribution is 0.0956. The van der Waals surface area contributed by atoms with Gasteiger partial charge in [-0.05, 0) is 49.2 Å². The number of hydrogen-bond donors (Lipinski definition) is 2. The number of aryl methyl sites for hydroxylation is 1. The fourth-order valence-electron chi connectivity index (χ4n) is 1.97. The van der Waals surface area contributed by atoms with Gasteiger partial charge in [-0.25, -0.2) is 0 Å². The van der Waals surface area contributed by atoms with Gasteiger partial charge in [0.25, 0.3) is 5.91 Å². The monoisotopic (exact) mass is 269 g/mol. The van der Waals surface area contributed by atoms with Gasteiger partial charge in [0.15, 0.2) is 0 Å². The Bertz CT molecular complexity index is 582. The molecule has 1 heterocycles. The second-order valence-electron chi connectivity index (χ2n) is 4.60. The first-order valence-electron chi connectivity index (χ1n) is 6.72. The maximum Gasteiger partial charge on any atom is 0.251 e. The minimum Gasteiger partial charge on any atom is -0.381 e. The minimum absolute atomic E-state index is 0.0330. The van der Waals surface area contributed by atoms with Crippen LogP contribution in [-0.4, -0.2) is 17.4 Å². The number of rotatable bonds is 5. The molecular weight excluding hydrogens is 250 g/mol. The smallest absolute Gasteiger partial charge is 0.251 e. The number of carbonyl (C=O) groups is 1. The van der Waals surface area contributed by atoms with E-state index in [0.29, 0.717) is 12.1 Å². The molecule has 104 valence electrons. The Balaban J connectivity index is 2.04. The van der Waals surface area contributed by atoms with Crippen LogP contribution in [0.3, 0.4) is 0 Å². The van der Waals surface area contributed by atoms with Crippen molar-refractivity contribution in [3.63, 3.8) is 0 Å². The fraction of sp³-hybridized carbons (Fsp3) is 0.250. The highest BCUT2D eigenvalue weighted by Gasteiger charge is 2.06. The van der Waals surface area contributed by atoms with Gasteiger partial charge >= 0.3 is 0 Å². The van der Waals surface area contributed by atoms with Gasteiger partial charge < -0.3 is 10.6 Å². The molecule has 0 aliphatic heterocycles. The topological polar surface area (TPSA) is 54.0 Å². The molecular formula is C16H19N3O. The van der Waals surface area contributed by atoms with Crippen LogP contribution in [0.1, 0.15) is 28.4 Å². The van der Waals surface area contributed by atoms with Crippen molar-refractivity contribution in [2.45, 2.75) is 20.4 Å². The number of benzene rings is 1. The molecule has 0 aliphatic rings. The van der Waals surface area contributed by atoms with E-state index in [1.807, 2.05) is 50.4 Å². The first kappa shape index (κ1) is 14.1. The summed E-state index contributed by atoms with van der Waals surface area (Å²) in [6, 6.07) is 9.62. The Morgan fingerprint density at radius 1 is 1.30 bits per heavy atom. The maximum absolute atomic E-state index is 11.7. The van der Waals surface area contributed by atoms with E-state index in [-0.39, 0.29) is 5.91 Å². The summed E-state index contributed by atoms with van der Waals surface area (Å²) in [5, 5.41) is 6.15. The quantitative estimate of drug-likeness (QED) is 0.877. The van der Waals surface area contributed by atoms with Gasteiger partial charge in [-0.15, -0.1) is 0 Å². The Labute approximate surface area is 119 Å². The second kappa shape index (κ2) is 6.70. The molecule has 0 saturated heterocycles. The van der Waals surface area contributed by atoms with Crippen LogP contribution in [0, 0.1) is 6.92 Å². The SMILES string of the molecule is CCNC(=O)c1ccc(NCc2cccnc2)c(C)c1. The zero-order valence-corrected chi connectivity index (χ0v) is 11.8. The number of nitrogens with zero attached hydrogens (tertiary/aromatic N) is 1. The minimum atomic E-state index is -0.0330. The third-order valence-electron chi connectivity index (χ3n) is 3.03. The molecule has 4 heteroatoms. The molecule has 0 fully saturated rings. The van der Waals surface area contributed by atoms with E-state index in [1.165, 1.54) is 0 Å². The van der Waals surface area contributed by atoms with Gasteiger partial charge in [-0.3, -0.25) is 9.78 Å². The summed E-state index contributed by atoms with van der Waals surface area (Å²) in [6.07, 6.45) is 3.60. The van der Waals surface area contributed by atoms with E-state index < -0.39 is 0 Å². The van der Waals surface area contributed by atoms with Crippen LogP contribution in [0.4, 0.5) is 5.69 Å². The van der Waals surface area contributed by atoms with Crippen molar-refractivity contribution in [1.82, 2.24) is 10.3 Å². The van der Waals surface area contributed by atoms with Crippen LogP contribution in [0.15, 0.2) is 42.7 Å². The molecule has 0 radical (unpaired) electrons. The van der Waals surface area contributed by atoms with Crippen molar-refractivity contribution in [2.75, 3.05) is 11.9 Å². The molecule has 2 aromatic rings. The number of carbonyl (C=O) groups excluding carboxylic acids is 1. The molecule has 20 heavy (non-hydrogen) atoms. The predicted octanol–water partition coefficient (Wildman–Crippen LogP) is 2.75. The van der Waals surface area contributed by atoms with Crippen LogP contribution < -0.4 is 10.6 Å². The summed E-state index contributed by atoms with van der Waals surface area (Å²) >= 11 is 0. The number of hydrogen-bond acceptors (Lipinski definition) is 3. The van der Waals surface area contributed by atoms with E-state index in [2.05, 4.69) is 15.6 Å². The van der Waals surface area contributed by atoms with Gasteiger partial charge in [-0.1, -0.05) is 6.07 Å². The molecule has 2 rings (SSSR count). The summed E-state index contributed by atoms with van der Waals surface area (Å²) in [5.41, 5.74) is 3.90. The Hall–Kier alpha value is -2.36. The summed E-state index contributed by atoms with van der Waals surface area (Å²) in [7, 11) is 0. The zero-order valence-electron chi connectivity index (χ0n) is 11.8. The Kier molecular flexibility index (Phi) is 4.71. The third-order valence-corrected chi connectivity index (χ3v) is 3.03. The average Bonchev–Trinajstić information content (AvgIpc) is 2.47. The zero-order chi connectivity index (χ0) is 14.4. The molecule has 0 saturated carbocycles. The summed E-state index contributed by atoms with van der Waals surface area (Å²) in [6.45, 7) is 5.26. The average molecular weight is 269 g/mol. The standard InChI is InChI=1S/C16H19N3O/c1-3-18-16(20)14-6-7-15(12(2)9-14)19-11-13-5-4-8-17-10-13/h4-10,19H,3,11H2,1-2H3,(H,18,20). The first-order chi connectivity index (χ1) is 9.70. The van der Waals surface area contributed by atoms with Crippen LogP contribution in [0.2, 0.25) is 0 Å². The van der Waals surface area contributed by atoms with E-state index in [4.69, 9.17) is 0 Å². The number of anilines is 1. The van der Waals surface area contributed by atoms with Gasteiger partial charge in [0.2, 0.25) is 0 Å². The van der Waals surface area contributed by atoms with E-state index in [9.17, 15) is 4.79 Å². The molecule has 1 aromatic heterocycles. The Morgan fingerprint density at radius 3 is 2.80 bits per heavy atom. The molecule has 0 aliphatic carbocycles. The highest BCUT2D eigenvalue weighted by atomic mass is 16.1. The number of pyridine rings is 1. The van der Waals surface area contributed by atoms with Gasteiger partial charge in [0.05, 0.1) is 0 Å². The molecule has 4 nitrogen and oxygen atoms in total. The third kappa shape index (κ3) is 3.57. The number of nitrogens with one attached hydrogen (secondary N) is 2. The number of aromatic nitrogens is 1. The fourth-order valence-corrected chi connectivity index (χ4v) is 1.97. The van der Waals surface area contributed by atoms with Crippen molar-refractivity contribution in [2.24, 2.45) is 0 Å². The van der Waals surface area contributed by atoms with Crippen molar-refractivity contribution in [3.05, 3.63) is 59.4 Å². The van der Waals surface area contributed by atoms with Crippen molar-refractivity contribution < 1.29 is 4.79 Å². The summed E-state index contributed by atoms with van der Waals surface area (Å²) < 4.78 is 0. The second-order valence-corrected chi connectivity index (χ2v) is 4.60. The van der Waals surface area contributed by atoms with E-state index >= 15 is 0 Å². The Morgan fingerprint density at radius 2 is 2.15 bits per heavy atom. The largest absolute Gasteiger partial charge is 0.381 e. The molecule has 0 bridgehead atoms. The predicted molar refractivity (Wildman–Crippen MR) is 80.7 cm³/mol. The summed E-state index contributed by atoms with van der Waals surface area (Å²) in [4.78, 5) is 15.8. The lowest BCUT2D eigenvalue weighted by atomic mass is 10.1. The van der Waals surface area contributed by atoms with Crippen LogP contribution in [0.5, 0.6) is 0 Å². The van der Waals surface area contributed by atoms with E-state index in [0.717, 1.165) is 23.4 Å². The van der Waals surface area contributed by atoms with Gasteiger partial charge in [0.1, 0.15) is 0 Å². The van der Waals surface area contributed by atoms with Crippen molar-refractivity contribution >= 4 is 11.6 Å². The number of amides is 1. The molecule has 1 amide bonds. The lowest BCUT2D eigenvalue weighted by Gasteiger charge is -2.11. The molecule has 1 aromatic carbocycles. The van der Waals surface area contributed by atoms with Crippen LogP contribution in [0.25, 0.3) is 0 Å². The molecule has 0 unspecified atom stereocenters. The molecule has 0 atom stereocenters. The lowest BCUT2D eigenvalue weighted by Crippen LogP contribution is -2.22. The normalized spacial score (nSPS) is 10.1. The van der Waals surface area contributed by atoms with E-state index in [1.54, 1.807) is 6.20 Å².